The number of aryl methyl sites for hydroxylation is 1. The van der Waals surface area contributed by atoms with Crippen LogP contribution in [0.25, 0.3) is 6.08 Å². The van der Waals surface area contributed by atoms with Gasteiger partial charge in [-0.1, -0.05) is 12.1 Å². The summed E-state index contributed by atoms with van der Waals surface area (Å²) >= 11 is 0. The summed E-state index contributed by atoms with van der Waals surface area (Å²) in [7, 11) is 1.58. The van der Waals surface area contributed by atoms with Crippen LogP contribution in [-0.2, 0) is 4.79 Å². The molecule has 2 aromatic rings. The number of pyridine rings is 1. The highest BCUT2D eigenvalue weighted by Crippen LogP contribution is 2.28. The van der Waals surface area contributed by atoms with Gasteiger partial charge in [0.2, 0.25) is 5.91 Å². The van der Waals surface area contributed by atoms with Crippen LogP contribution in [0.2, 0.25) is 0 Å². The molecule has 1 amide bonds. The van der Waals surface area contributed by atoms with E-state index in [1.54, 1.807) is 25.4 Å². The average Bonchev–Trinajstić information content (AvgIpc) is 2.56. The molecular formula is C18H20N2O3. The molecule has 0 unspecified atom stereocenters. The Morgan fingerprint density at radius 1 is 1.26 bits per heavy atom. The van der Waals surface area contributed by atoms with Gasteiger partial charge in [-0.05, 0) is 49.2 Å². The van der Waals surface area contributed by atoms with Crippen molar-refractivity contribution in [3.05, 3.63) is 53.7 Å². The molecule has 120 valence electrons. The van der Waals surface area contributed by atoms with E-state index in [2.05, 4.69) is 10.3 Å². The first-order valence-electron chi connectivity index (χ1n) is 7.35. The van der Waals surface area contributed by atoms with Gasteiger partial charge >= 0.3 is 0 Å². The van der Waals surface area contributed by atoms with E-state index in [4.69, 9.17) is 9.47 Å². The minimum Gasteiger partial charge on any atom is -0.493 e. The first-order valence-corrected chi connectivity index (χ1v) is 7.35. The second-order valence-electron chi connectivity index (χ2n) is 4.89. The smallest absolute Gasteiger partial charge is 0.249 e. The molecule has 1 N–H and O–H groups in total. The number of amides is 1. The maximum Gasteiger partial charge on any atom is 0.249 e. The molecule has 0 radical (unpaired) electrons. The first-order chi connectivity index (χ1) is 11.1. The van der Waals surface area contributed by atoms with Gasteiger partial charge in [0.25, 0.3) is 0 Å². The lowest BCUT2D eigenvalue weighted by molar-refractivity contribution is -0.111. The van der Waals surface area contributed by atoms with Crippen LogP contribution in [0, 0.1) is 6.92 Å². The van der Waals surface area contributed by atoms with E-state index >= 15 is 0 Å². The number of methoxy groups -OCH3 is 1. The van der Waals surface area contributed by atoms with Gasteiger partial charge in [-0.15, -0.1) is 0 Å². The fourth-order valence-electron chi connectivity index (χ4n) is 1.94. The summed E-state index contributed by atoms with van der Waals surface area (Å²) in [4.78, 5) is 16.0. The van der Waals surface area contributed by atoms with Crippen molar-refractivity contribution in [2.75, 3.05) is 19.0 Å². The van der Waals surface area contributed by atoms with E-state index in [1.165, 1.54) is 6.08 Å². The van der Waals surface area contributed by atoms with Gasteiger partial charge in [0.1, 0.15) is 5.82 Å². The molecule has 23 heavy (non-hydrogen) atoms. The monoisotopic (exact) mass is 312 g/mol. The molecule has 0 aliphatic carbocycles. The van der Waals surface area contributed by atoms with E-state index in [0.717, 1.165) is 11.1 Å². The fourth-order valence-corrected chi connectivity index (χ4v) is 1.94. The number of nitrogens with one attached hydrogen (secondary N) is 1. The third-order valence-electron chi connectivity index (χ3n) is 3.08. The normalized spacial score (nSPS) is 10.6. The highest BCUT2D eigenvalue weighted by atomic mass is 16.5. The van der Waals surface area contributed by atoms with Crippen LogP contribution >= 0.6 is 0 Å². The average molecular weight is 312 g/mol. The summed E-state index contributed by atoms with van der Waals surface area (Å²) in [6.07, 6.45) is 4.87. The maximum absolute atomic E-state index is 11.9. The number of nitrogens with zero attached hydrogens (tertiary/aromatic N) is 1. The Hall–Kier alpha value is -2.82. The van der Waals surface area contributed by atoms with Crippen molar-refractivity contribution in [2.24, 2.45) is 0 Å². The lowest BCUT2D eigenvalue weighted by atomic mass is 10.2. The van der Waals surface area contributed by atoms with Crippen LogP contribution in [0.15, 0.2) is 42.6 Å². The third-order valence-corrected chi connectivity index (χ3v) is 3.08. The lowest BCUT2D eigenvalue weighted by Gasteiger charge is -2.09. The minimum absolute atomic E-state index is 0.241. The summed E-state index contributed by atoms with van der Waals surface area (Å²) in [5, 5.41) is 2.71. The molecule has 1 heterocycles. The molecule has 0 atom stereocenters. The third kappa shape index (κ3) is 4.85. The quantitative estimate of drug-likeness (QED) is 0.830. The lowest BCUT2D eigenvalue weighted by Crippen LogP contribution is -2.08. The Morgan fingerprint density at radius 2 is 2.09 bits per heavy atom. The molecule has 0 bridgehead atoms. The molecule has 0 aliphatic heterocycles. The van der Waals surface area contributed by atoms with Gasteiger partial charge in [0, 0.05) is 12.3 Å². The van der Waals surface area contributed by atoms with Crippen LogP contribution in [0.4, 0.5) is 5.82 Å². The van der Waals surface area contributed by atoms with Crippen LogP contribution in [0.5, 0.6) is 11.5 Å². The zero-order chi connectivity index (χ0) is 16.7. The fraction of sp³-hybridized carbons (Fsp3) is 0.222. The first kappa shape index (κ1) is 16.5. The van der Waals surface area contributed by atoms with Crippen LogP contribution in [0.3, 0.4) is 0 Å². The van der Waals surface area contributed by atoms with E-state index in [9.17, 15) is 4.79 Å². The van der Waals surface area contributed by atoms with Crippen molar-refractivity contribution < 1.29 is 14.3 Å². The Kier molecular flexibility index (Phi) is 5.74. The molecular weight excluding hydrogens is 292 g/mol. The zero-order valence-corrected chi connectivity index (χ0v) is 13.5. The largest absolute Gasteiger partial charge is 0.493 e. The summed E-state index contributed by atoms with van der Waals surface area (Å²) in [6, 6.07) is 9.16. The van der Waals surface area contributed by atoms with E-state index in [-0.39, 0.29) is 5.91 Å². The predicted molar refractivity (Wildman–Crippen MR) is 90.8 cm³/mol. The molecule has 1 aromatic carbocycles. The van der Waals surface area contributed by atoms with Gasteiger partial charge in [-0.3, -0.25) is 4.79 Å². The number of benzene rings is 1. The van der Waals surface area contributed by atoms with Crippen molar-refractivity contribution in [2.45, 2.75) is 13.8 Å². The Morgan fingerprint density at radius 3 is 2.74 bits per heavy atom. The second kappa shape index (κ2) is 7.98. The van der Waals surface area contributed by atoms with Gasteiger partial charge in [0.05, 0.1) is 13.7 Å². The number of carbonyl (C=O) groups excluding carboxylic acids is 1. The predicted octanol–water partition coefficient (Wildman–Crippen LogP) is 3.45. The molecule has 0 aliphatic rings. The Labute approximate surface area is 136 Å². The number of ether oxygens (including phenoxy) is 2. The molecule has 2 rings (SSSR count). The van der Waals surface area contributed by atoms with Crippen molar-refractivity contribution in [1.82, 2.24) is 4.98 Å². The molecule has 1 aromatic heterocycles. The van der Waals surface area contributed by atoms with Crippen molar-refractivity contribution in [1.29, 1.82) is 0 Å². The molecule has 0 fully saturated rings. The summed E-state index contributed by atoms with van der Waals surface area (Å²) in [5.41, 5.74) is 1.89. The molecule has 5 heteroatoms. The summed E-state index contributed by atoms with van der Waals surface area (Å²) in [6.45, 7) is 4.42. The number of anilines is 1. The van der Waals surface area contributed by atoms with Crippen LogP contribution in [0.1, 0.15) is 18.1 Å². The highest BCUT2D eigenvalue weighted by Gasteiger charge is 2.04. The van der Waals surface area contributed by atoms with Gasteiger partial charge < -0.3 is 14.8 Å². The minimum atomic E-state index is -0.241. The summed E-state index contributed by atoms with van der Waals surface area (Å²) < 4.78 is 10.7. The number of hydrogen-bond donors (Lipinski definition) is 1. The van der Waals surface area contributed by atoms with E-state index in [0.29, 0.717) is 23.9 Å². The topological polar surface area (TPSA) is 60.5 Å². The Balaban J connectivity index is 2.04. The van der Waals surface area contributed by atoms with Crippen molar-refractivity contribution in [3.8, 4) is 11.5 Å². The van der Waals surface area contributed by atoms with Gasteiger partial charge in [0.15, 0.2) is 11.5 Å². The van der Waals surface area contributed by atoms with Gasteiger partial charge in [-0.2, -0.15) is 0 Å². The molecule has 0 saturated heterocycles. The maximum atomic E-state index is 11.9. The number of carbonyl (C=O) groups is 1. The molecule has 0 saturated carbocycles. The van der Waals surface area contributed by atoms with Crippen molar-refractivity contribution in [3.63, 3.8) is 0 Å². The SMILES string of the molecule is CCOc1ccc(/C=C/C(=O)Nc2ccc(C)cn2)cc1OC. The van der Waals surface area contributed by atoms with Crippen molar-refractivity contribution >= 4 is 17.8 Å². The van der Waals surface area contributed by atoms with E-state index < -0.39 is 0 Å². The highest BCUT2D eigenvalue weighted by molar-refractivity contribution is 6.01. The Bertz CT molecular complexity index is 694. The standard InChI is InChI=1S/C18H20N2O3/c1-4-23-15-8-6-14(11-16(15)22-3)7-10-18(21)20-17-9-5-13(2)12-19-17/h5-12H,4H2,1-3H3,(H,19,20,21)/b10-7+. The van der Waals surface area contributed by atoms with Crippen LogP contribution < -0.4 is 14.8 Å². The second-order valence-corrected chi connectivity index (χ2v) is 4.89. The number of aromatic nitrogens is 1. The van der Waals surface area contributed by atoms with E-state index in [1.807, 2.05) is 38.1 Å². The molecule has 0 spiro atoms. The number of hydrogen-bond acceptors (Lipinski definition) is 4. The zero-order valence-electron chi connectivity index (χ0n) is 13.5. The summed E-state index contributed by atoms with van der Waals surface area (Å²) in [5.74, 6) is 1.60. The molecule has 5 nitrogen and oxygen atoms in total. The number of rotatable bonds is 6. The van der Waals surface area contributed by atoms with Crippen LogP contribution in [-0.4, -0.2) is 24.6 Å². The van der Waals surface area contributed by atoms with Gasteiger partial charge in [-0.25, -0.2) is 4.98 Å².